The van der Waals surface area contributed by atoms with Crippen LogP contribution in [-0.2, 0) is 0 Å². The van der Waals surface area contributed by atoms with Gasteiger partial charge in [-0.2, -0.15) is 4.52 Å². The van der Waals surface area contributed by atoms with Gasteiger partial charge in [-0.05, 0) is 43.0 Å². The van der Waals surface area contributed by atoms with Crippen molar-refractivity contribution >= 4 is 17.2 Å². The molecule has 7 nitrogen and oxygen atoms in total. The second-order valence-corrected chi connectivity index (χ2v) is 6.89. The molecular formula is C18H19FN6O. The van der Waals surface area contributed by atoms with E-state index in [-0.39, 0.29) is 5.82 Å². The molecule has 3 heterocycles. The second-order valence-electron chi connectivity index (χ2n) is 6.89. The predicted octanol–water partition coefficient (Wildman–Crippen LogP) is 2.58. The van der Waals surface area contributed by atoms with Gasteiger partial charge < -0.3 is 15.0 Å². The Morgan fingerprint density at radius 2 is 2.04 bits per heavy atom. The normalized spacial score (nSPS) is 16.5. The quantitative estimate of drug-likeness (QED) is 0.777. The van der Waals surface area contributed by atoms with E-state index in [9.17, 15) is 4.39 Å². The van der Waals surface area contributed by atoms with Crippen molar-refractivity contribution in [3.63, 3.8) is 0 Å². The third kappa shape index (κ3) is 2.53. The van der Waals surface area contributed by atoms with E-state index in [0.717, 1.165) is 36.1 Å². The molecule has 1 aromatic carbocycles. The van der Waals surface area contributed by atoms with Crippen LogP contribution in [0.2, 0.25) is 0 Å². The summed E-state index contributed by atoms with van der Waals surface area (Å²) >= 11 is 0. The van der Waals surface area contributed by atoms with Crippen LogP contribution in [0.25, 0.3) is 17.0 Å². The fourth-order valence-electron chi connectivity index (χ4n) is 3.22. The van der Waals surface area contributed by atoms with Crippen LogP contribution in [0.5, 0.6) is 5.75 Å². The lowest BCUT2D eigenvalue weighted by molar-refractivity contribution is 0.312. The van der Waals surface area contributed by atoms with Crippen molar-refractivity contribution in [3.8, 4) is 17.1 Å². The zero-order valence-electron chi connectivity index (χ0n) is 14.4. The van der Waals surface area contributed by atoms with Crippen molar-refractivity contribution in [1.29, 1.82) is 0 Å². The van der Waals surface area contributed by atoms with E-state index < -0.39 is 0 Å². The van der Waals surface area contributed by atoms with Crippen LogP contribution in [0.15, 0.2) is 24.3 Å². The average Bonchev–Trinajstić information content (AvgIpc) is 3.38. The Balaban J connectivity index is 1.67. The zero-order chi connectivity index (χ0) is 17.7. The van der Waals surface area contributed by atoms with Crippen molar-refractivity contribution in [2.24, 2.45) is 5.92 Å². The summed E-state index contributed by atoms with van der Waals surface area (Å²) < 4.78 is 20.9. The van der Waals surface area contributed by atoms with Gasteiger partial charge >= 0.3 is 0 Å². The third-order valence-electron chi connectivity index (χ3n) is 4.90. The molecule has 1 saturated carbocycles. The fourth-order valence-corrected chi connectivity index (χ4v) is 3.22. The van der Waals surface area contributed by atoms with E-state index >= 15 is 0 Å². The van der Waals surface area contributed by atoms with E-state index in [1.807, 2.05) is 7.05 Å². The van der Waals surface area contributed by atoms with Crippen LogP contribution in [0.4, 0.5) is 15.9 Å². The van der Waals surface area contributed by atoms with Gasteiger partial charge in [0, 0.05) is 19.2 Å². The first-order chi connectivity index (χ1) is 12.7. The summed E-state index contributed by atoms with van der Waals surface area (Å²) in [4.78, 5) is 2.13. The summed E-state index contributed by atoms with van der Waals surface area (Å²) in [7, 11) is 2.03. The van der Waals surface area contributed by atoms with Crippen LogP contribution < -0.4 is 15.0 Å². The molecular weight excluding hydrogens is 335 g/mol. The largest absolute Gasteiger partial charge is 0.486 e. The summed E-state index contributed by atoms with van der Waals surface area (Å²) in [5.74, 6) is 2.45. The van der Waals surface area contributed by atoms with E-state index in [1.54, 1.807) is 16.6 Å². The van der Waals surface area contributed by atoms with Crippen molar-refractivity contribution in [2.75, 3.05) is 37.0 Å². The highest BCUT2D eigenvalue weighted by Gasteiger charge is 2.28. The number of likely N-dealkylation sites (N-methyl/N-ethyl adjacent to an activating group) is 1. The first-order valence-electron chi connectivity index (χ1n) is 8.84. The molecule has 26 heavy (non-hydrogen) atoms. The molecule has 1 N–H and O–H groups in total. The molecule has 1 aliphatic heterocycles. The summed E-state index contributed by atoms with van der Waals surface area (Å²) in [5, 5.41) is 16.8. The molecule has 2 aliphatic rings. The van der Waals surface area contributed by atoms with Gasteiger partial charge in [0.05, 0.1) is 6.54 Å². The molecule has 8 heteroatoms. The van der Waals surface area contributed by atoms with Gasteiger partial charge in [0.1, 0.15) is 18.1 Å². The van der Waals surface area contributed by atoms with Crippen molar-refractivity contribution < 1.29 is 9.13 Å². The maximum absolute atomic E-state index is 13.3. The van der Waals surface area contributed by atoms with Gasteiger partial charge in [0.15, 0.2) is 17.4 Å². The molecule has 3 aromatic rings. The maximum atomic E-state index is 13.3. The Kier molecular flexibility index (Phi) is 3.44. The van der Waals surface area contributed by atoms with E-state index in [2.05, 4.69) is 20.4 Å². The number of anilines is 2. The second kappa shape index (κ2) is 5.82. The Hall–Kier alpha value is -2.90. The van der Waals surface area contributed by atoms with Crippen LogP contribution in [-0.4, -0.2) is 46.6 Å². The predicted molar refractivity (Wildman–Crippen MR) is 96.2 cm³/mol. The molecule has 5 rings (SSSR count). The monoisotopic (exact) mass is 354 g/mol. The van der Waals surface area contributed by atoms with Gasteiger partial charge in [-0.15, -0.1) is 15.3 Å². The van der Waals surface area contributed by atoms with E-state index in [1.165, 1.54) is 25.0 Å². The molecule has 1 fully saturated rings. The maximum Gasteiger partial charge on any atom is 0.222 e. The standard InChI is InChI=1S/C18H19FN6O/c1-24-8-9-26-15-14(24)16(20-10-11-2-3-11)23-25-17(21-22-18(15)25)12-4-6-13(19)7-5-12/h4-7,11H,2-3,8-10H2,1H3,(H,20,23). The number of nitrogens with zero attached hydrogens (tertiary/aromatic N) is 5. The molecule has 0 bridgehead atoms. The smallest absolute Gasteiger partial charge is 0.222 e. The minimum atomic E-state index is -0.287. The summed E-state index contributed by atoms with van der Waals surface area (Å²) in [6.45, 7) is 2.28. The van der Waals surface area contributed by atoms with Crippen LogP contribution in [0, 0.1) is 11.7 Å². The lowest BCUT2D eigenvalue weighted by atomic mass is 10.2. The number of hydrogen-bond donors (Lipinski definition) is 1. The van der Waals surface area contributed by atoms with Gasteiger partial charge in [0.2, 0.25) is 5.65 Å². The SMILES string of the molecule is CN1CCOc2c1c(NCC1CC1)nn1c(-c3ccc(F)cc3)nnc21. The molecule has 0 spiro atoms. The van der Waals surface area contributed by atoms with E-state index in [0.29, 0.717) is 23.8 Å². The Labute approximate surface area is 149 Å². The lowest BCUT2D eigenvalue weighted by Crippen LogP contribution is -2.31. The summed E-state index contributed by atoms with van der Waals surface area (Å²) in [6.07, 6.45) is 2.52. The number of hydrogen-bond acceptors (Lipinski definition) is 6. The Bertz CT molecular complexity index is 966. The first-order valence-corrected chi connectivity index (χ1v) is 8.84. The first kappa shape index (κ1) is 15.4. The third-order valence-corrected chi connectivity index (χ3v) is 4.90. The number of benzene rings is 1. The topological polar surface area (TPSA) is 67.6 Å². The molecule has 0 atom stereocenters. The fraction of sp³-hybridized carbons (Fsp3) is 0.389. The zero-order valence-corrected chi connectivity index (χ0v) is 14.4. The molecule has 2 aromatic heterocycles. The van der Waals surface area contributed by atoms with Gasteiger partial charge in [-0.1, -0.05) is 0 Å². The Morgan fingerprint density at radius 1 is 1.23 bits per heavy atom. The van der Waals surface area contributed by atoms with Crippen molar-refractivity contribution in [2.45, 2.75) is 12.8 Å². The van der Waals surface area contributed by atoms with Gasteiger partial charge in [0.25, 0.3) is 0 Å². The number of ether oxygens (including phenoxy) is 1. The number of rotatable bonds is 4. The van der Waals surface area contributed by atoms with Gasteiger partial charge in [-0.25, -0.2) is 4.39 Å². The van der Waals surface area contributed by atoms with Crippen molar-refractivity contribution in [3.05, 3.63) is 30.1 Å². The highest BCUT2D eigenvalue weighted by Crippen LogP contribution is 2.40. The highest BCUT2D eigenvalue weighted by molar-refractivity contribution is 5.82. The van der Waals surface area contributed by atoms with Crippen LogP contribution in [0.1, 0.15) is 12.8 Å². The van der Waals surface area contributed by atoms with Gasteiger partial charge in [-0.3, -0.25) is 0 Å². The number of nitrogens with one attached hydrogen (secondary N) is 1. The molecule has 134 valence electrons. The number of aromatic nitrogens is 4. The van der Waals surface area contributed by atoms with Crippen LogP contribution in [0.3, 0.4) is 0 Å². The molecule has 1 aliphatic carbocycles. The molecule has 0 radical (unpaired) electrons. The average molecular weight is 354 g/mol. The molecule has 0 amide bonds. The lowest BCUT2D eigenvalue weighted by Gasteiger charge is -2.29. The summed E-state index contributed by atoms with van der Waals surface area (Å²) in [5.41, 5.74) is 2.24. The van der Waals surface area contributed by atoms with Crippen LogP contribution >= 0.6 is 0 Å². The molecule has 0 unspecified atom stereocenters. The summed E-state index contributed by atoms with van der Waals surface area (Å²) in [6, 6.07) is 6.17. The Morgan fingerprint density at radius 3 is 2.81 bits per heavy atom. The van der Waals surface area contributed by atoms with Crippen molar-refractivity contribution in [1.82, 2.24) is 19.8 Å². The number of fused-ring (bicyclic) bond motifs is 3. The number of halogens is 1. The van der Waals surface area contributed by atoms with E-state index in [4.69, 9.17) is 9.84 Å². The highest BCUT2D eigenvalue weighted by atomic mass is 19.1. The minimum Gasteiger partial charge on any atom is -0.486 e. The minimum absolute atomic E-state index is 0.287. The molecule has 0 saturated heterocycles.